The molecule has 3 aromatic heterocycles. The highest BCUT2D eigenvalue weighted by atomic mass is 19.4. The predicted octanol–water partition coefficient (Wildman–Crippen LogP) is 4.01. The van der Waals surface area contributed by atoms with Gasteiger partial charge in [-0.05, 0) is 29.8 Å². The molecule has 13 heteroatoms. The Morgan fingerprint density at radius 1 is 1.12 bits per heavy atom. The van der Waals surface area contributed by atoms with E-state index in [0.717, 1.165) is 11.1 Å². The van der Waals surface area contributed by atoms with Gasteiger partial charge in [-0.25, -0.2) is 9.18 Å². The Labute approximate surface area is 188 Å². The van der Waals surface area contributed by atoms with E-state index >= 15 is 0 Å². The molecule has 9 nitrogen and oxygen atoms in total. The molecular formula is C21H15F4N5O4. The zero-order chi connectivity index (χ0) is 24.7. The smallest absolute Gasteiger partial charge is 0.475 e. The van der Waals surface area contributed by atoms with Gasteiger partial charge in [0.2, 0.25) is 0 Å². The van der Waals surface area contributed by atoms with Gasteiger partial charge >= 0.3 is 12.1 Å². The van der Waals surface area contributed by atoms with E-state index in [1.165, 1.54) is 18.3 Å². The fourth-order valence-electron chi connectivity index (χ4n) is 2.57. The Balaban J connectivity index is 0.000000406. The zero-order valence-electron chi connectivity index (χ0n) is 17.0. The molecule has 0 atom stereocenters. The lowest BCUT2D eigenvalue weighted by atomic mass is 10.2. The van der Waals surface area contributed by atoms with Gasteiger partial charge in [0.1, 0.15) is 5.82 Å². The highest BCUT2D eigenvalue weighted by Crippen LogP contribution is 2.20. The third kappa shape index (κ3) is 6.72. The molecule has 0 unspecified atom stereocenters. The van der Waals surface area contributed by atoms with Crippen LogP contribution in [0.2, 0.25) is 0 Å². The number of nitrogens with one attached hydrogen (secondary N) is 1. The minimum absolute atomic E-state index is 0.152. The molecule has 1 aromatic carbocycles. The van der Waals surface area contributed by atoms with E-state index < -0.39 is 18.1 Å². The molecule has 34 heavy (non-hydrogen) atoms. The first-order chi connectivity index (χ1) is 16.1. The van der Waals surface area contributed by atoms with Gasteiger partial charge in [-0.2, -0.15) is 18.3 Å². The van der Waals surface area contributed by atoms with Crippen molar-refractivity contribution < 1.29 is 36.8 Å². The summed E-state index contributed by atoms with van der Waals surface area (Å²) in [5.74, 6) is -2.99. The van der Waals surface area contributed by atoms with Gasteiger partial charge in [-0.1, -0.05) is 17.3 Å². The molecule has 4 rings (SSSR count). The average Bonchev–Trinajstić information content (AvgIpc) is 3.44. The second-order valence-corrected chi connectivity index (χ2v) is 6.63. The van der Waals surface area contributed by atoms with E-state index in [4.69, 9.17) is 14.4 Å². The first-order valence-electron chi connectivity index (χ1n) is 9.37. The lowest BCUT2D eigenvalue weighted by Gasteiger charge is -2.02. The molecule has 0 saturated carbocycles. The molecule has 0 spiro atoms. The second-order valence-electron chi connectivity index (χ2n) is 6.63. The molecule has 0 aliphatic heterocycles. The van der Waals surface area contributed by atoms with E-state index in [1.807, 2.05) is 0 Å². The van der Waals surface area contributed by atoms with Gasteiger partial charge < -0.3 is 14.9 Å². The fraction of sp³-hybridized carbons (Fsp3) is 0.0952. The van der Waals surface area contributed by atoms with E-state index in [1.54, 1.807) is 53.6 Å². The van der Waals surface area contributed by atoms with Crippen LogP contribution in [0.1, 0.15) is 16.1 Å². The molecule has 0 bridgehead atoms. The zero-order valence-corrected chi connectivity index (χ0v) is 17.0. The second kappa shape index (κ2) is 10.4. The Bertz CT molecular complexity index is 1270. The van der Waals surface area contributed by atoms with E-state index in [2.05, 4.69) is 20.6 Å². The number of carboxylic acids is 1. The normalized spacial score (nSPS) is 10.8. The van der Waals surface area contributed by atoms with Crippen molar-refractivity contribution in [3.05, 3.63) is 84.3 Å². The van der Waals surface area contributed by atoms with E-state index in [0.29, 0.717) is 18.0 Å². The van der Waals surface area contributed by atoms with Gasteiger partial charge in [0.25, 0.3) is 5.91 Å². The number of hydrogen-bond donors (Lipinski definition) is 2. The van der Waals surface area contributed by atoms with E-state index in [9.17, 15) is 22.4 Å². The van der Waals surface area contributed by atoms with Crippen molar-refractivity contribution in [1.82, 2.24) is 19.9 Å². The SMILES string of the molecule is O=C(Nc1cnn(Cc2cccc(F)c2)c1)c1cc(-c2ccncc2)on1.O=C(O)C(F)(F)F. The number of alkyl halides is 3. The fourth-order valence-corrected chi connectivity index (χ4v) is 2.57. The number of pyridine rings is 1. The Morgan fingerprint density at radius 2 is 1.82 bits per heavy atom. The van der Waals surface area contributed by atoms with Crippen LogP contribution in [0, 0.1) is 5.82 Å². The lowest BCUT2D eigenvalue weighted by Crippen LogP contribution is -2.21. The molecule has 0 saturated heterocycles. The first kappa shape index (κ1) is 24.1. The van der Waals surface area contributed by atoms with Crippen LogP contribution in [0.3, 0.4) is 0 Å². The lowest BCUT2D eigenvalue weighted by molar-refractivity contribution is -0.192. The van der Waals surface area contributed by atoms with Crippen molar-refractivity contribution in [1.29, 1.82) is 0 Å². The number of anilines is 1. The summed E-state index contributed by atoms with van der Waals surface area (Å²) >= 11 is 0. The molecule has 0 fully saturated rings. The molecule has 0 aliphatic carbocycles. The van der Waals surface area contributed by atoms with Crippen LogP contribution in [-0.2, 0) is 11.3 Å². The van der Waals surface area contributed by atoms with Crippen molar-refractivity contribution in [3.8, 4) is 11.3 Å². The number of halogens is 4. The van der Waals surface area contributed by atoms with Gasteiger partial charge in [0.05, 0.1) is 18.4 Å². The summed E-state index contributed by atoms with van der Waals surface area (Å²) in [7, 11) is 0. The van der Waals surface area contributed by atoms with Gasteiger partial charge in [-0.15, -0.1) is 0 Å². The summed E-state index contributed by atoms with van der Waals surface area (Å²) < 4.78 is 51.8. The Morgan fingerprint density at radius 3 is 2.47 bits per heavy atom. The minimum Gasteiger partial charge on any atom is -0.475 e. The number of rotatable bonds is 5. The molecule has 2 N–H and O–H groups in total. The topological polar surface area (TPSA) is 123 Å². The van der Waals surface area contributed by atoms with Crippen LogP contribution >= 0.6 is 0 Å². The minimum atomic E-state index is -5.08. The predicted molar refractivity (Wildman–Crippen MR) is 109 cm³/mol. The largest absolute Gasteiger partial charge is 0.490 e. The number of carboxylic acid groups (broad SMARTS) is 1. The van der Waals surface area contributed by atoms with Crippen LogP contribution in [0.15, 0.2) is 71.8 Å². The van der Waals surface area contributed by atoms with Gasteiger partial charge in [0.15, 0.2) is 11.5 Å². The van der Waals surface area contributed by atoms with Crippen molar-refractivity contribution in [3.63, 3.8) is 0 Å². The molecular weight excluding hydrogens is 462 g/mol. The van der Waals surface area contributed by atoms with Crippen molar-refractivity contribution in [2.45, 2.75) is 12.7 Å². The molecule has 4 aromatic rings. The highest BCUT2D eigenvalue weighted by molar-refractivity contribution is 6.03. The van der Waals surface area contributed by atoms with Gasteiger partial charge in [0, 0.05) is 30.2 Å². The maximum atomic E-state index is 13.3. The molecule has 1 amide bonds. The number of nitrogens with zero attached hydrogens (tertiary/aromatic N) is 4. The number of aromatic nitrogens is 4. The van der Waals surface area contributed by atoms with Crippen LogP contribution in [0.25, 0.3) is 11.3 Å². The standard InChI is InChI=1S/C19H14FN5O2.C2HF3O2/c20-15-3-1-2-13(8-15)11-25-12-16(10-22-25)23-19(26)17-9-18(27-24-17)14-4-6-21-7-5-14;3-2(4,5)1(6)7/h1-10,12H,11H2,(H,23,26);(H,6,7). The molecule has 3 heterocycles. The van der Waals surface area contributed by atoms with Crippen molar-refractivity contribution in [2.75, 3.05) is 5.32 Å². The molecule has 0 radical (unpaired) electrons. The average molecular weight is 477 g/mol. The summed E-state index contributed by atoms with van der Waals surface area (Å²) in [5, 5.41) is 17.8. The number of amides is 1. The summed E-state index contributed by atoms with van der Waals surface area (Å²) in [6, 6.07) is 11.4. The summed E-state index contributed by atoms with van der Waals surface area (Å²) in [4.78, 5) is 25.2. The Hall–Kier alpha value is -4.55. The quantitative estimate of drug-likeness (QED) is 0.417. The third-order valence-corrected chi connectivity index (χ3v) is 4.07. The maximum absolute atomic E-state index is 13.3. The highest BCUT2D eigenvalue weighted by Gasteiger charge is 2.38. The number of hydrogen-bond acceptors (Lipinski definition) is 6. The number of aliphatic carboxylic acids is 1. The maximum Gasteiger partial charge on any atom is 0.490 e. The monoisotopic (exact) mass is 477 g/mol. The third-order valence-electron chi connectivity index (χ3n) is 4.07. The summed E-state index contributed by atoms with van der Waals surface area (Å²) in [6.07, 6.45) is 1.35. The molecule has 176 valence electrons. The van der Waals surface area contributed by atoms with Crippen molar-refractivity contribution in [2.24, 2.45) is 0 Å². The first-order valence-corrected chi connectivity index (χ1v) is 9.37. The van der Waals surface area contributed by atoms with Crippen LogP contribution in [-0.4, -0.2) is 43.1 Å². The number of carbonyl (C=O) groups is 2. The number of carbonyl (C=O) groups excluding carboxylic acids is 1. The van der Waals surface area contributed by atoms with Gasteiger partial charge in [-0.3, -0.25) is 14.5 Å². The summed E-state index contributed by atoms with van der Waals surface area (Å²) in [6.45, 7) is 0.393. The van der Waals surface area contributed by atoms with Crippen molar-refractivity contribution >= 4 is 17.6 Å². The number of benzene rings is 1. The summed E-state index contributed by atoms with van der Waals surface area (Å²) in [5.41, 5.74) is 2.21. The van der Waals surface area contributed by atoms with E-state index in [-0.39, 0.29) is 11.5 Å². The van der Waals surface area contributed by atoms with Crippen LogP contribution in [0.5, 0.6) is 0 Å². The van der Waals surface area contributed by atoms with Crippen LogP contribution in [0.4, 0.5) is 23.2 Å². The Kier molecular flexibility index (Phi) is 7.36. The molecule has 0 aliphatic rings. The van der Waals surface area contributed by atoms with Crippen LogP contribution < -0.4 is 5.32 Å².